The van der Waals surface area contributed by atoms with E-state index in [4.69, 9.17) is 10.5 Å². The van der Waals surface area contributed by atoms with E-state index in [2.05, 4.69) is 0 Å². The van der Waals surface area contributed by atoms with Crippen LogP contribution in [0.1, 0.15) is 27.0 Å². The Morgan fingerprint density at radius 3 is 2.40 bits per heavy atom. The Hall–Kier alpha value is -2.36. The van der Waals surface area contributed by atoms with Gasteiger partial charge in [-0.05, 0) is 37.6 Å². The van der Waals surface area contributed by atoms with Crippen LogP contribution >= 0.6 is 0 Å². The molecule has 0 saturated carbocycles. The minimum atomic E-state index is -0.546. The average Bonchev–Trinajstić information content (AvgIpc) is 2.38. The molecule has 0 spiro atoms. The summed E-state index contributed by atoms with van der Waals surface area (Å²) < 4.78 is 18.2. The van der Waals surface area contributed by atoms with Crippen molar-refractivity contribution in [2.45, 2.75) is 20.5 Å². The summed E-state index contributed by atoms with van der Waals surface area (Å²) in [4.78, 5) is 11.9. The second-order valence-electron chi connectivity index (χ2n) is 4.81. The molecule has 0 aliphatic carbocycles. The van der Waals surface area contributed by atoms with E-state index in [0.717, 1.165) is 22.8 Å². The summed E-state index contributed by atoms with van der Waals surface area (Å²) in [6.45, 7) is 4.15. The molecule has 0 unspecified atom stereocenters. The molecule has 2 rings (SSSR count). The van der Waals surface area contributed by atoms with Crippen molar-refractivity contribution < 1.29 is 13.9 Å². The summed E-state index contributed by atoms with van der Waals surface area (Å²) >= 11 is 0. The monoisotopic (exact) mass is 273 g/mol. The molecule has 0 atom stereocenters. The molecule has 0 radical (unpaired) electrons. The molecule has 0 aliphatic rings. The lowest BCUT2D eigenvalue weighted by Gasteiger charge is -2.07. The number of rotatable bonds is 3. The molecule has 0 aliphatic heterocycles. The third kappa shape index (κ3) is 3.35. The molecular weight excluding hydrogens is 257 g/mol. The quantitative estimate of drug-likeness (QED) is 0.689. The van der Waals surface area contributed by atoms with Crippen molar-refractivity contribution in [2.75, 3.05) is 5.73 Å². The lowest BCUT2D eigenvalue weighted by Crippen LogP contribution is -2.06. The number of nitrogens with two attached hydrogens (primary N) is 1. The van der Waals surface area contributed by atoms with E-state index >= 15 is 0 Å². The van der Waals surface area contributed by atoms with Gasteiger partial charge in [0.15, 0.2) is 0 Å². The lowest BCUT2D eigenvalue weighted by atomic mass is 10.1. The van der Waals surface area contributed by atoms with Gasteiger partial charge in [0.2, 0.25) is 0 Å². The molecular formula is C16H16FNO2. The Morgan fingerprint density at radius 2 is 1.80 bits per heavy atom. The van der Waals surface area contributed by atoms with Gasteiger partial charge < -0.3 is 10.5 Å². The molecule has 2 aromatic carbocycles. The molecule has 0 fully saturated rings. The van der Waals surface area contributed by atoms with Crippen molar-refractivity contribution in [1.82, 2.24) is 0 Å². The number of carbonyl (C=O) groups excluding carboxylic acids is 1. The van der Waals surface area contributed by atoms with Crippen LogP contribution in [0.5, 0.6) is 0 Å². The lowest BCUT2D eigenvalue weighted by molar-refractivity contribution is 0.0472. The number of benzene rings is 2. The maximum absolute atomic E-state index is 13.0. The maximum atomic E-state index is 13.0. The zero-order valence-corrected chi connectivity index (χ0v) is 11.4. The van der Waals surface area contributed by atoms with Crippen LogP contribution in [-0.2, 0) is 11.3 Å². The van der Waals surface area contributed by atoms with Gasteiger partial charge in [0, 0.05) is 0 Å². The van der Waals surface area contributed by atoms with E-state index < -0.39 is 11.8 Å². The number of carbonyl (C=O) groups is 1. The predicted molar refractivity (Wildman–Crippen MR) is 75.8 cm³/mol. The first-order valence-corrected chi connectivity index (χ1v) is 6.25. The summed E-state index contributed by atoms with van der Waals surface area (Å²) in [5, 5.41) is 0. The number of ether oxygens (including phenoxy) is 1. The fourth-order valence-corrected chi connectivity index (χ4v) is 2.06. The highest BCUT2D eigenvalue weighted by Gasteiger charge is 2.10. The van der Waals surface area contributed by atoms with Crippen molar-refractivity contribution in [3.63, 3.8) is 0 Å². The SMILES string of the molecule is Cc1cc(C)cc(COC(=O)c2ccc(F)c(N)c2)c1. The van der Waals surface area contributed by atoms with Gasteiger partial charge in [0.05, 0.1) is 11.3 Å². The molecule has 0 saturated heterocycles. The average molecular weight is 273 g/mol. The van der Waals surface area contributed by atoms with Crippen molar-refractivity contribution in [3.8, 4) is 0 Å². The highest BCUT2D eigenvalue weighted by atomic mass is 19.1. The van der Waals surface area contributed by atoms with E-state index in [1.165, 1.54) is 12.1 Å². The van der Waals surface area contributed by atoms with Gasteiger partial charge in [-0.15, -0.1) is 0 Å². The minimum Gasteiger partial charge on any atom is -0.457 e. The summed E-state index contributed by atoms with van der Waals surface area (Å²) in [6.07, 6.45) is 0. The van der Waals surface area contributed by atoms with Crippen molar-refractivity contribution in [2.24, 2.45) is 0 Å². The molecule has 2 aromatic rings. The molecule has 4 heteroatoms. The zero-order valence-electron chi connectivity index (χ0n) is 11.4. The Kier molecular flexibility index (Phi) is 4.03. The second kappa shape index (κ2) is 5.74. The first-order chi connectivity index (χ1) is 9.45. The van der Waals surface area contributed by atoms with Crippen LogP contribution in [0, 0.1) is 19.7 Å². The second-order valence-corrected chi connectivity index (χ2v) is 4.81. The highest BCUT2D eigenvalue weighted by molar-refractivity contribution is 5.90. The van der Waals surface area contributed by atoms with Crippen molar-refractivity contribution in [1.29, 1.82) is 0 Å². The van der Waals surface area contributed by atoms with Crippen LogP contribution in [0.2, 0.25) is 0 Å². The molecule has 2 N–H and O–H groups in total. The van der Waals surface area contributed by atoms with E-state index in [1.807, 2.05) is 32.0 Å². The molecule has 0 heterocycles. The van der Waals surface area contributed by atoms with E-state index in [-0.39, 0.29) is 17.9 Å². The van der Waals surface area contributed by atoms with Crippen molar-refractivity contribution in [3.05, 3.63) is 64.5 Å². The third-order valence-corrected chi connectivity index (χ3v) is 2.88. The van der Waals surface area contributed by atoms with Gasteiger partial charge in [-0.25, -0.2) is 9.18 Å². The van der Waals surface area contributed by atoms with Crippen LogP contribution in [0.4, 0.5) is 10.1 Å². The molecule has 20 heavy (non-hydrogen) atoms. The first kappa shape index (κ1) is 14.1. The molecule has 0 amide bonds. The normalized spacial score (nSPS) is 10.3. The summed E-state index contributed by atoms with van der Waals surface area (Å²) in [7, 11) is 0. The van der Waals surface area contributed by atoms with E-state index in [1.54, 1.807) is 0 Å². The van der Waals surface area contributed by atoms with Crippen LogP contribution in [0.15, 0.2) is 36.4 Å². The third-order valence-electron chi connectivity index (χ3n) is 2.88. The number of halogens is 1. The zero-order chi connectivity index (χ0) is 14.7. The van der Waals surface area contributed by atoms with Gasteiger partial charge in [-0.2, -0.15) is 0 Å². The summed E-state index contributed by atoms with van der Waals surface area (Å²) in [6, 6.07) is 9.75. The number of nitrogen functional groups attached to an aromatic ring is 1. The van der Waals surface area contributed by atoms with Crippen molar-refractivity contribution >= 4 is 11.7 Å². The Balaban J connectivity index is 2.06. The van der Waals surface area contributed by atoms with Crippen LogP contribution < -0.4 is 5.73 Å². The van der Waals surface area contributed by atoms with E-state index in [9.17, 15) is 9.18 Å². The first-order valence-electron chi connectivity index (χ1n) is 6.25. The number of anilines is 1. The number of hydrogen-bond donors (Lipinski definition) is 1. The number of esters is 1. The standard InChI is InChI=1S/C16H16FNO2/c1-10-5-11(2)7-12(6-10)9-20-16(19)13-3-4-14(17)15(18)8-13/h3-8H,9,18H2,1-2H3. The topological polar surface area (TPSA) is 52.3 Å². The van der Waals surface area contributed by atoms with Gasteiger partial charge >= 0.3 is 5.97 Å². The Labute approximate surface area is 117 Å². The maximum Gasteiger partial charge on any atom is 0.338 e. The van der Waals surface area contributed by atoms with Crippen LogP contribution in [-0.4, -0.2) is 5.97 Å². The fourth-order valence-electron chi connectivity index (χ4n) is 2.06. The summed E-state index contributed by atoms with van der Waals surface area (Å²) in [5.74, 6) is -1.06. The molecule has 0 bridgehead atoms. The predicted octanol–water partition coefficient (Wildman–Crippen LogP) is 3.38. The van der Waals surface area contributed by atoms with Gasteiger partial charge in [-0.1, -0.05) is 29.3 Å². The van der Waals surface area contributed by atoms with Crippen LogP contribution in [0.3, 0.4) is 0 Å². The molecule has 3 nitrogen and oxygen atoms in total. The smallest absolute Gasteiger partial charge is 0.338 e. The minimum absolute atomic E-state index is 0.0640. The van der Waals surface area contributed by atoms with Gasteiger partial charge in [0.1, 0.15) is 12.4 Å². The Morgan fingerprint density at radius 1 is 1.15 bits per heavy atom. The van der Waals surface area contributed by atoms with Crippen LogP contribution in [0.25, 0.3) is 0 Å². The van der Waals surface area contributed by atoms with Gasteiger partial charge in [-0.3, -0.25) is 0 Å². The Bertz CT molecular complexity index is 633. The fraction of sp³-hybridized carbons (Fsp3) is 0.188. The van der Waals surface area contributed by atoms with Gasteiger partial charge in [0.25, 0.3) is 0 Å². The highest BCUT2D eigenvalue weighted by Crippen LogP contribution is 2.15. The number of aryl methyl sites for hydroxylation is 2. The van der Waals surface area contributed by atoms with E-state index in [0.29, 0.717) is 0 Å². The number of hydrogen-bond acceptors (Lipinski definition) is 3. The molecule has 104 valence electrons. The largest absolute Gasteiger partial charge is 0.457 e. The summed E-state index contributed by atoms with van der Waals surface area (Å²) in [5.41, 5.74) is 8.75. The molecule has 0 aromatic heterocycles.